The van der Waals surface area contributed by atoms with Gasteiger partial charge in [-0.25, -0.2) is 22.5 Å². The van der Waals surface area contributed by atoms with Crippen LogP contribution in [-0.2, 0) is 52.6 Å². The second-order valence-corrected chi connectivity index (χ2v) is 30.0. The van der Waals surface area contributed by atoms with Gasteiger partial charge >= 0.3 is 0 Å². The van der Waals surface area contributed by atoms with Gasteiger partial charge in [0.15, 0.2) is 67.2 Å². The number of aliphatic hydroxyl groups is 4. The summed E-state index contributed by atoms with van der Waals surface area (Å²) < 4.78 is 55.6. The van der Waals surface area contributed by atoms with Gasteiger partial charge in [0.05, 0.1) is 41.8 Å². The molecule has 634 valence electrons. The molecule has 0 spiro atoms. The molecule has 22 heteroatoms. The summed E-state index contributed by atoms with van der Waals surface area (Å²) in [6.45, 7) is 23.6. The van der Waals surface area contributed by atoms with E-state index in [2.05, 4.69) is 167 Å². The van der Waals surface area contributed by atoms with Gasteiger partial charge in [-0.1, -0.05) is 146 Å². The van der Waals surface area contributed by atoms with Crippen LogP contribution < -0.4 is 43.1 Å². The smallest absolute Gasteiger partial charge is 0.264 e. The lowest BCUT2D eigenvalue weighted by Gasteiger charge is -2.21. The van der Waals surface area contributed by atoms with Crippen molar-refractivity contribution in [3.8, 4) is 0 Å². The SMILES string of the molecule is C=C.C=C.CCN(CCO)c1ccc(/C=C/c2cc[n+](C)cc2)cc1.CCN(O)c1ccc(/C=C/c2cc[n+](CCCCS(=O)(=O)O)cc2)cc1.CCN(O)c1ccc(/C=C/c2cc[n+](CCO)cc2)cc1.CN(C)c1ccc(/C=C/c2cc[n+](C)cc2)cc1.CN(CCO)c1ccc(/C=C/c2ccc(S(=O)OCCCCCCO)cc2)cc1. The number of nitrogens with zero attached hydrogens (tertiary/aromatic N) is 9. The molecule has 7 N–H and O–H groups in total. The predicted molar refractivity (Wildman–Crippen MR) is 494 cm³/mol. The fraction of sp³-hybridized carbons (Fsp3) is 0.278. The first-order valence-electron chi connectivity index (χ1n) is 40.0. The number of aryl methyl sites for hydroxylation is 3. The van der Waals surface area contributed by atoms with Crippen molar-refractivity contribution in [1.29, 1.82) is 0 Å². The number of aromatic nitrogens is 4. The van der Waals surface area contributed by atoms with Crippen LogP contribution in [0, 0.1) is 0 Å². The predicted octanol–water partition coefficient (Wildman–Crippen LogP) is 16.1. The Hall–Kier alpha value is -11.1. The molecule has 1 unspecified atom stereocenters. The molecule has 0 aliphatic carbocycles. The van der Waals surface area contributed by atoms with E-state index in [0.29, 0.717) is 63.6 Å². The van der Waals surface area contributed by atoms with Crippen molar-refractivity contribution >= 4 is 110 Å². The topological polar surface area (TPSA) is 234 Å². The Labute approximate surface area is 711 Å². The average molecular weight is 1660 g/mol. The van der Waals surface area contributed by atoms with E-state index < -0.39 is 21.2 Å². The number of aliphatic hydroxyl groups excluding tert-OH is 4. The van der Waals surface area contributed by atoms with Crippen molar-refractivity contribution in [1.82, 2.24) is 0 Å². The molecule has 10 aromatic rings. The normalized spacial score (nSPS) is 11.2. The maximum atomic E-state index is 12.2. The summed E-state index contributed by atoms with van der Waals surface area (Å²) in [5.74, 6) is -0.195. The van der Waals surface area contributed by atoms with Gasteiger partial charge in [-0.3, -0.25) is 29.3 Å². The molecule has 4 heterocycles. The number of hydrogen-bond acceptors (Lipinski definition) is 15. The number of hydroxylamine groups is 2. The number of pyridine rings is 4. The van der Waals surface area contributed by atoms with E-state index in [9.17, 15) is 23.0 Å². The molecule has 0 aliphatic rings. The fourth-order valence-electron chi connectivity index (χ4n) is 11.1. The highest BCUT2D eigenvalue weighted by atomic mass is 32.2. The number of likely N-dealkylation sites (N-methyl/N-ethyl adjacent to an activating group) is 2. The Morgan fingerprint density at radius 1 is 0.370 bits per heavy atom. The number of rotatable bonds is 37. The summed E-state index contributed by atoms with van der Waals surface area (Å²) in [7, 11) is 6.22. The van der Waals surface area contributed by atoms with Crippen LogP contribution in [0.2, 0.25) is 0 Å². The molecule has 0 amide bonds. The monoisotopic (exact) mass is 1660 g/mol. The second kappa shape index (κ2) is 58.7. The molecular formula is C97H127N9O11S2+4. The van der Waals surface area contributed by atoms with Crippen LogP contribution in [0.4, 0.5) is 28.4 Å². The third kappa shape index (κ3) is 41.2. The summed E-state index contributed by atoms with van der Waals surface area (Å²) in [5.41, 5.74) is 16.2. The second-order valence-electron chi connectivity index (χ2n) is 27.2. The van der Waals surface area contributed by atoms with Crippen molar-refractivity contribution < 1.29 is 70.5 Å². The Kier molecular flexibility index (Phi) is 49.4. The van der Waals surface area contributed by atoms with Crippen LogP contribution in [0.3, 0.4) is 0 Å². The first-order valence-corrected chi connectivity index (χ1v) is 42.7. The van der Waals surface area contributed by atoms with Crippen molar-refractivity contribution in [3.63, 3.8) is 0 Å². The van der Waals surface area contributed by atoms with E-state index in [-0.39, 0.29) is 32.2 Å². The average Bonchev–Trinajstić information content (AvgIpc) is 0.884. The minimum absolute atomic E-state index is 0.134. The van der Waals surface area contributed by atoms with Gasteiger partial charge in [0.1, 0.15) is 27.2 Å². The van der Waals surface area contributed by atoms with Gasteiger partial charge < -0.3 is 35.1 Å². The molecule has 119 heavy (non-hydrogen) atoms. The molecule has 10 rings (SSSR count). The minimum atomic E-state index is -3.86. The Bertz CT molecular complexity index is 4670. The standard InChI is InChI=1S/C23H31NO4S.C19H24N2O4S.C18H23N2O.C17H21N2O2.C16H19N2.2C2H4/c1-24(16-18-26)22-12-8-20(9-13-22)6-7-21-10-14-23(15-11-21)29(27)28-19-5-3-2-4-17-25;1-2-21(22)19-9-7-17(8-10-19)5-6-18-11-14-20(15-12-18)13-3-4-16-26(23,24)25;1-3-20(14-15-21)18-8-6-16(7-9-18)4-5-17-10-12-19(2)13-11-17;1-2-19(21)17-7-5-15(6-8-17)3-4-16-9-11-18(12-10-16)13-14-20;1-17(2)16-8-6-14(7-9-16)4-5-15-10-12-18(3)13-11-15;2*1-2/h6-15,25-26H,2-5,16-19H2,1H3;5-12,14-15H,2-4,13,16H2,1H3,(H-,22,23,24,25);4-13,21H,3,14-15H2,1-2H3;3-12,20-21H,2,13-14H2,1H3;4-13H,1-3H3;2*1-2H2/q;;3*+1;;/p+1/b7-6+;;;;;;. The van der Waals surface area contributed by atoms with Crippen molar-refractivity contribution in [3.05, 3.63) is 326 Å². The lowest BCUT2D eigenvalue weighted by Crippen LogP contribution is -2.34. The van der Waals surface area contributed by atoms with Crippen LogP contribution in [0.1, 0.15) is 115 Å². The third-order valence-corrected chi connectivity index (χ3v) is 19.9. The molecule has 0 saturated carbocycles. The summed E-state index contributed by atoms with van der Waals surface area (Å²) in [4.78, 5) is 6.92. The number of anilines is 5. The summed E-state index contributed by atoms with van der Waals surface area (Å²) in [6.07, 6.45) is 41.3. The van der Waals surface area contributed by atoms with Crippen molar-refractivity contribution in [2.24, 2.45) is 14.1 Å². The molecule has 0 fully saturated rings. The lowest BCUT2D eigenvalue weighted by atomic mass is 10.1. The Morgan fingerprint density at radius 2 is 0.689 bits per heavy atom. The zero-order valence-corrected chi connectivity index (χ0v) is 72.4. The van der Waals surface area contributed by atoms with Gasteiger partial charge in [-0.2, -0.15) is 8.42 Å². The maximum absolute atomic E-state index is 12.2. The third-order valence-electron chi connectivity index (χ3n) is 18.1. The molecule has 0 saturated heterocycles. The van der Waals surface area contributed by atoms with Crippen LogP contribution in [0.25, 0.3) is 60.8 Å². The van der Waals surface area contributed by atoms with E-state index >= 15 is 0 Å². The molecule has 1 atom stereocenters. The molecule has 6 aromatic carbocycles. The van der Waals surface area contributed by atoms with Gasteiger partial charge in [0.2, 0.25) is 0 Å². The van der Waals surface area contributed by atoms with Crippen LogP contribution in [0.5, 0.6) is 0 Å². The van der Waals surface area contributed by atoms with Crippen LogP contribution in [-0.4, -0.2) is 141 Å². The van der Waals surface area contributed by atoms with E-state index in [1.165, 1.54) is 38.1 Å². The molecule has 20 nitrogen and oxygen atoms in total. The first kappa shape index (κ1) is 100. The number of unbranched alkanes of at least 4 members (excludes halogenated alkanes) is 4. The Balaban J connectivity index is 0.000000312. The van der Waals surface area contributed by atoms with E-state index in [1.54, 1.807) is 0 Å². The molecular weight excluding hydrogens is 1530 g/mol. The van der Waals surface area contributed by atoms with Gasteiger partial charge in [-0.05, 0) is 168 Å². The highest BCUT2D eigenvalue weighted by molar-refractivity contribution is 7.85. The summed E-state index contributed by atoms with van der Waals surface area (Å²) in [5, 5.41) is 57.3. The highest BCUT2D eigenvalue weighted by Gasteiger charge is 2.10. The lowest BCUT2D eigenvalue weighted by molar-refractivity contribution is -0.698. The van der Waals surface area contributed by atoms with Crippen molar-refractivity contribution in [2.75, 3.05) is 117 Å². The van der Waals surface area contributed by atoms with E-state index in [0.717, 1.165) is 88.4 Å². The van der Waals surface area contributed by atoms with E-state index in [1.807, 2.05) is 253 Å². The summed E-state index contributed by atoms with van der Waals surface area (Å²) in [6, 6.07) is 64.3. The van der Waals surface area contributed by atoms with Gasteiger partial charge in [0, 0.05) is 132 Å². The van der Waals surface area contributed by atoms with Crippen LogP contribution in [0.15, 0.2) is 275 Å². The zero-order chi connectivity index (χ0) is 87.0. The highest BCUT2D eigenvalue weighted by Crippen LogP contribution is 2.22. The molecule has 0 aliphatic heterocycles. The fourth-order valence-corrected chi connectivity index (χ4v) is 12.4. The maximum Gasteiger partial charge on any atom is 0.264 e. The molecule has 0 bridgehead atoms. The summed E-state index contributed by atoms with van der Waals surface area (Å²) >= 11 is -1.44. The zero-order valence-electron chi connectivity index (χ0n) is 70.7. The Morgan fingerprint density at radius 3 is 1.02 bits per heavy atom. The van der Waals surface area contributed by atoms with Crippen LogP contribution >= 0.6 is 0 Å². The van der Waals surface area contributed by atoms with Crippen molar-refractivity contribution in [2.45, 2.75) is 77.3 Å². The largest absolute Gasteiger partial charge is 0.396 e. The van der Waals surface area contributed by atoms with E-state index in [4.69, 9.17) is 29.2 Å². The first-order chi connectivity index (χ1) is 57.6. The number of hydrogen-bond donors (Lipinski definition) is 7. The molecule has 0 radical (unpaired) electrons. The quantitative estimate of drug-likeness (QED) is 0.00479. The molecule has 4 aromatic heterocycles. The van der Waals surface area contributed by atoms with Gasteiger partial charge in [0.25, 0.3) is 10.1 Å². The minimum Gasteiger partial charge on any atom is -0.396 e. The number of benzene rings is 6. The van der Waals surface area contributed by atoms with Gasteiger partial charge in [-0.15, -0.1) is 26.3 Å².